The molecule has 10 heavy (non-hydrogen) atoms. The molecule has 0 amide bonds. The van der Waals surface area contributed by atoms with Gasteiger partial charge in [0.1, 0.15) is 0 Å². The Morgan fingerprint density at radius 1 is 1.70 bits per heavy atom. The highest BCUT2D eigenvalue weighted by molar-refractivity contribution is 4.85. The van der Waals surface area contributed by atoms with E-state index in [-0.39, 0.29) is 0 Å². The van der Waals surface area contributed by atoms with Crippen LogP contribution in [0.25, 0.3) is 0 Å². The zero-order chi connectivity index (χ0) is 7.40. The summed E-state index contributed by atoms with van der Waals surface area (Å²) in [6.07, 6.45) is 6.46. The number of rotatable bonds is 3. The van der Waals surface area contributed by atoms with Crippen LogP contribution in [0.1, 0.15) is 26.7 Å². The lowest BCUT2D eigenvalue weighted by molar-refractivity contribution is -0.118. The molecular formula is C8H15NO. The summed E-state index contributed by atoms with van der Waals surface area (Å²) >= 11 is 0. The first kappa shape index (κ1) is 7.61. The minimum Gasteiger partial charge on any atom is -0.270 e. The molecular weight excluding hydrogens is 126 g/mol. The summed E-state index contributed by atoms with van der Waals surface area (Å²) in [6.45, 7) is 5.11. The fourth-order valence-corrected chi connectivity index (χ4v) is 1.14. The largest absolute Gasteiger partial charge is 0.270 e. The maximum Gasteiger partial charge on any atom is 0.0947 e. The van der Waals surface area contributed by atoms with Gasteiger partial charge in [-0.3, -0.25) is 9.90 Å². The van der Waals surface area contributed by atoms with Crippen LogP contribution in [0.4, 0.5) is 0 Å². The lowest BCUT2D eigenvalue weighted by Gasteiger charge is -2.21. The van der Waals surface area contributed by atoms with Gasteiger partial charge in [-0.2, -0.15) is 0 Å². The van der Waals surface area contributed by atoms with Crippen molar-refractivity contribution in [3.63, 3.8) is 0 Å². The molecule has 0 aliphatic carbocycles. The van der Waals surface area contributed by atoms with Crippen molar-refractivity contribution in [2.45, 2.75) is 32.7 Å². The van der Waals surface area contributed by atoms with Gasteiger partial charge >= 0.3 is 0 Å². The molecule has 58 valence electrons. The Hall–Kier alpha value is -0.500. The van der Waals surface area contributed by atoms with Crippen molar-refractivity contribution in [3.05, 3.63) is 12.3 Å². The van der Waals surface area contributed by atoms with Gasteiger partial charge in [0, 0.05) is 6.20 Å². The molecule has 1 atom stereocenters. The summed E-state index contributed by atoms with van der Waals surface area (Å²) < 4.78 is 0. The monoisotopic (exact) mass is 141 g/mol. The molecule has 1 rings (SSSR count). The Bertz CT molecular complexity index is 122. The van der Waals surface area contributed by atoms with Crippen molar-refractivity contribution in [1.29, 1.82) is 0 Å². The fraction of sp³-hybridized carbons (Fsp3) is 0.750. The average molecular weight is 141 g/mol. The van der Waals surface area contributed by atoms with Crippen molar-refractivity contribution < 1.29 is 4.84 Å². The fourth-order valence-electron chi connectivity index (χ4n) is 1.14. The minimum absolute atomic E-state index is 0.531. The predicted molar refractivity (Wildman–Crippen MR) is 41.3 cm³/mol. The molecule has 0 fully saturated rings. The van der Waals surface area contributed by atoms with Crippen molar-refractivity contribution in [2.24, 2.45) is 0 Å². The summed E-state index contributed by atoms with van der Waals surface area (Å²) in [4.78, 5) is 5.29. The van der Waals surface area contributed by atoms with Crippen LogP contribution in [0.5, 0.6) is 0 Å². The number of hydrogen-bond donors (Lipinski definition) is 0. The van der Waals surface area contributed by atoms with Crippen LogP contribution >= 0.6 is 0 Å². The van der Waals surface area contributed by atoms with E-state index in [4.69, 9.17) is 4.84 Å². The molecule has 1 aliphatic heterocycles. The van der Waals surface area contributed by atoms with Gasteiger partial charge < -0.3 is 0 Å². The lowest BCUT2D eigenvalue weighted by Crippen LogP contribution is -2.24. The van der Waals surface area contributed by atoms with Crippen molar-refractivity contribution in [1.82, 2.24) is 5.06 Å². The van der Waals surface area contributed by atoms with Crippen LogP contribution in [0.15, 0.2) is 12.3 Å². The molecule has 2 nitrogen and oxygen atoms in total. The average Bonchev–Trinajstić information content (AvgIpc) is 2.38. The molecule has 0 bridgehead atoms. The first-order valence-corrected chi connectivity index (χ1v) is 3.92. The third kappa shape index (κ3) is 1.74. The van der Waals surface area contributed by atoms with Crippen LogP contribution in [0.3, 0.4) is 0 Å². The van der Waals surface area contributed by atoms with E-state index in [1.807, 2.05) is 17.3 Å². The Morgan fingerprint density at radius 2 is 2.50 bits per heavy atom. The highest BCUT2D eigenvalue weighted by Gasteiger charge is 2.11. The van der Waals surface area contributed by atoms with Crippen LogP contribution in [-0.4, -0.2) is 17.7 Å². The van der Waals surface area contributed by atoms with Gasteiger partial charge in [-0.15, -0.1) is 0 Å². The molecule has 1 unspecified atom stereocenters. The van der Waals surface area contributed by atoms with Crippen molar-refractivity contribution in [3.8, 4) is 0 Å². The van der Waals surface area contributed by atoms with E-state index < -0.39 is 0 Å². The molecule has 0 aromatic rings. The molecule has 1 heterocycles. The van der Waals surface area contributed by atoms with E-state index in [0.717, 1.165) is 6.61 Å². The second kappa shape index (κ2) is 3.62. The number of hydrogen-bond acceptors (Lipinski definition) is 2. The molecule has 0 spiro atoms. The third-order valence-electron chi connectivity index (χ3n) is 1.71. The van der Waals surface area contributed by atoms with Gasteiger partial charge in [-0.25, -0.2) is 0 Å². The van der Waals surface area contributed by atoms with Crippen molar-refractivity contribution >= 4 is 0 Å². The van der Waals surface area contributed by atoms with Gasteiger partial charge in [0.2, 0.25) is 0 Å². The molecule has 1 aliphatic rings. The molecule has 0 saturated heterocycles. The van der Waals surface area contributed by atoms with E-state index in [0.29, 0.717) is 6.04 Å². The molecule has 0 aromatic carbocycles. The molecule has 0 aromatic heterocycles. The maximum atomic E-state index is 5.29. The Morgan fingerprint density at radius 3 is 3.00 bits per heavy atom. The van der Waals surface area contributed by atoms with Crippen LogP contribution < -0.4 is 0 Å². The van der Waals surface area contributed by atoms with Gasteiger partial charge in [-0.1, -0.05) is 13.3 Å². The maximum absolute atomic E-state index is 5.29. The lowest BCUT2D eigenvalue weighted by atomic mass is 10.2. The van der Waals surface area contributed by atoms with E-state index in [1.165, 1.54) is 12.8 Å². The van der Waals surface area contributed by atoms with E-state index >= 15 is 0 Å². The predicted octanol–water partition coefficient (Wildman–Crippen LogP) is 1.94. The number of nitrogens with zero attached hydrogens (tertiary/aromatic N) is 1. The van der Waals surface area contributed by atoms with Crippen LogP contribution in [0.2, 0.25) is 0 Å². The van der Waals surface area contributed by atoms with Crippen molar-refractivity contribution in [2.75, 3.05) is 6.61 Å². The minimum atomic E-state index is 0.531. The topological polar surface area (TPSA) is 12.5 Å². The molecule has 0 saturated carbocycles. The summed E-state index contributed by atoms with van der Waals surface area (Å²) in [5.74, 6) is 0. The Labute approximate surface area is 62.4 Å². The first-order valence-electron chi connectivity index (χ1n) is 3.92. The summed E-state index contributed by atoms with van der Waals surface area (Å²) in [5, 5.41) is 1.93. The van der Waals surface area contributed by atoms with E-state index in [9.17, 15) is 0 Å². The standard InChI is InChI=1S/C8H15NO/c1-3-5-8(2)9-6-4-7-10-9/h4,6,8H,3,5,7H2,1-2H3. The Kier molecular flexibility index (Phi) is 2.75. The van der Waals surface area contributed by atoms with Gasteiger partial charge in [0.25, 0.3) is 0 Å². The van der Waals surface area contributed by atoms with Gasteiger partial charge in [0.05, 0.1) is 12.6 Å². The smallest absolute Gasteiger partial charge is 0.0947 e. The van der Waals surface area contributed by atoms with E-state index in [2.05, 4.69) is 13.8 Å². The zero-order valence-corrected chi connectivity index (χ0v) is 6.71. The number of hydroxylamine groups is 2. The highest BCUT2D eigenvalue weighted by atomic mass is 16.7. The molecule has 2 heteroatoms. The summed E-state index contributed by atoms with van der Waals surface area (Å²) in [6, 6.07) is 0.531. The van der Waals surface area contributed by atoms with Crippen LogP contribution in [-0.2, 0) is 4.84 Å². The summed E-state index contributed by atoms with van der Waals surface area (Å²) in [7, 11) is 0. The van der Waals surface area contributed by atoms with E-state index in [1.54, 1.807) is 0 Å². The normalized spacial score (nSPS) is 20.0. The third-order valence-corrected chi connectivity index (χ3v) is 1.71. The molecule has 0 N–H and O–H groups in total. The second-order valence-corrected chi connectivity index (χ2v) is 2.68. The molecule has 0 radical (unpaired) electrons. The highest BCUT2D eigenvalue weighted by Crippen LogP contribution is 2.11. The summed E-state index contributed by atoms with van der Waals surface area (Å²) in [5.41, 5.74) is 0. The zero-order valence-electron chi connectivity index (χ0n) is 6.71. The quantitative estimate of drug-likeness (QED) is 0.595. The van der Waals surface area contributed by atoms with Crippen LogP contribution in [0, 0.1) is 0 Å². The SMILES string of the molecule is CCCC(C)N1C=CCO1. The van der Waals surface area contributed by atoms with Gasteiger partial charge in [0.15, 0.2) is 0 Å². The Balaban J connectivity index is 2.26. The second-order valence-electron chi connectivity index (χ2n) is 2.68. The first-order chi connectivity index (χ1) is 4.84. The van der Waals surface area contributed by atoms with Gasteiger partial charge in [-0.05, 0) is 19.4 Å².